The fourth-order valence-electron chi connectivity index (χ4n) is 3.96. The highest BCUT2D eigenvalue weighted by molar-refractivity contribution is 6.30. The molecule has 3 aromatic carbocycles. The Morgan fingerprint density at radius 1 is 0.966 bits per heavy atom. The van der Waals surface area contributed by atoms with Crippen molar-refractivity contribution in [1.82, 2.24) is 9.55 Å². The first kappa shape index (κ1) is 18.0. The summed E-state index contributed by atoms with van der Waals surface area (Å²) in [5.41, 5.74) is 6.77. The van der Waals surface area contributed by atoms with Crippen LogP contribution in [0.25, 0.3) is 16.7 Å². The van der Waals surface area contributed by atoms with Crippen molar-refractivity contribution in [3.63, 3.8) is 0 Å². The van der Waals surface area contributed by atoms with Crippen LogP contribution in [0.2, 0.25) is 5.02 Å². The predicted molar refractivity (Wildman–Crippen MR) is 121 cm³/mol. The van der Waals surface area contributed by atoms with Gasteiger partial charge in [-0.15, -0.1) is 0 Å². The summed E-state index contributed by atoms with van der Waals surface area (Å²) in [6.45, 7) is 4.43. The van der Waals surface area contributed by atoms with Crippen LogP contribution in [0.1, 0.15) is 42.5 Å². The monoisotopic (exact) mass is 399 g/mol. The van der Waals surface area contributed by atoms with Gasteiger partial charge in [-0.1, -0.05) is 74.0 Å². The molecule has 144 valence electrons. The summed E-state index contributed by atoms with van der Waals surface area (Å²) in [5.74, 6) is 1.36. The van der Waals surface area contributed by atoms with E-state index >= 15 is 0 Å². The summed E-state index contributed by atoms with van der Waals surface area (Å²) >= 11 is 6.32. The van der Waals surface area contributed by atoms with Crippen molar-refractivity contribution in [1.29, 1.82) is 0 Å². The summed E-state index contributed by atoms with van der Waals surface area (Å²) in [6.07, 6.45) is 2.26. The minimum absolute atomic E-state index is 0.0112. The summed E-state index contributed by atoms with van der Waals surface area (Å²) in [4.78, 5) is 4.85. The van der Waals surface area contributed by atoms with Crippen LogP contribution in [0.3, 0.4) is 0 Å². The molecule has 0 unspecified atom stereocenters. The highest BCUT2D eigenvalue weighted by atomic mass is 35.5. The van der Waals surface area contributed by atoms with Gasteiger partial charge in [0, 0.05) is 10.7 Å². The standard InChI is InChI=1S/C25H22ClN3/c1-16(2)17-10-12-18(13-11-17)22-15-24(19-6-5-7-20(26)14-19)29-23-9-4-3-8-21(23)27-25(29)28-22/h3-16,24H,1-2H3,(H,27,28)/t24-/m0/s1. The molecule has 0 fully saturated rings. The van der Waals surface area contributed by atoms with Crippen molar-refractivity contribution >= 4 is 34.3 Å². The topological polar surface area (TPSA) is 29.9 Å². The van der Waals surface area contributed by atoms with Gasteiger partial charge in [-0.05, 0) is 52.9 Å². The number of fused-ring (bicyclic) bond motifs is 3. The van der Waals surface area contributed by atoms with Gasteiger partial charge in [0.15, 0.2) is 0 Å². The zero-order valence-corrected chi connectivity index (χ0v) is 17.2. The summed E-state index contributed by atoms with van der Waals surface area (Å²) in [5, 5.41) is 4.28. The molecule has 4 heteroatoms. The van der Waals surface area contributed by atoms with E-state index in [9.17, 15) is 0 Å². The number of rotatable bonds is 3. The number of nitrogens with one attached hydrogen (secondary N) is 1. The lowest BCUT2D eigenvalue weighted by molar-refractivity contribution is 0.720. The van der Waals surface area contributed by atoms with Gasteiger partial charge < -0.3 is 5.32 Å². The lowest BCUT2D eigenvalue weighted by Crippen LogP contribution is -2.19. The second-order valence-electron chi connectivity index (χ2n) is 7.78. The quantitative estimate of drug-likeness (QED) is 0.407. The van der Waals surface area contributed by atoms with Crippen molar-refractivity contribution in [3.8, 4) is 0 Å². The largest absolute Gasteiger partial charge is 0.325 e. The molecular formula is C25H22ClN3. The molecule has 0 aliphatic carbocycles. The first-order valence-corrected chi connectivity index (χ1v) is 10.3. The number of hydrogen-bond acceptors (Lipinski definition) is 2. The van der Waals surface area contributed by atoms with Crippen LogP contribution < -0.4 is 5.32 Å². The number of anilines is 1. The second-order valence-corrected chi connectivity index (χ2v) is 8.21. The molecule has 1 atom stereocenters. The van der Waals surface area contributed by atoms with Crippen LogP contribution >= 0.6 is 11.6 Å². The number of para-hydroxylation sites is 2. The van der Waals surface area contributed by atoms with E-state index in [1.165, 1.54) is 5.56 Å². The maximum Gasteiger partial charge on any atom is 0.209 e. The van der Waals surface area contributed by atoms with Gasteiger partial charge in [-0.2, -0.15) is 0 Å². The number of hydrogen-bond donors (Lipinski definition) is 1. The van der Waals surface area contributed by atoms with E-state index in [4.69, 9.17) is 16.6 Å². The molecule has 0 bridgehead atoms. The van der Waals surface area contributed by atoms with Gasteiger partial charge >= 0.3 is 0 Å². The smallest absolute Gasteiger partial charge is 0.209 e. The van der Waals surface area contributed by atoms with Crippen LogP contribution in [-0.2, 0) is 0 Å². The van der Waals surface area contributed by atoms with E-state index < -0.39 is 0 Å². The molecule has 0 saturated carbocycles. The van der Waals surface area contributed by atoms with Crippen LogP contribution in [0.4, 0.5) is 5.95 Å². The molecular weight excluding hydrogens is 378 g/mol. The number of halogens is 1. The molecule has 29 heavy (non-hydrogen) atoms. The fourth-order valence-corrected chi connectivity index (χ4v) is 4.16. The number of aromatic nitrogens is 2. The molecule has 1 aromatic heterocycles. The third-order valence-corrected chi connectivity index (χ3v) is 5.76. The molecule has 2 heterocycles. The van der Waals surface area contributed by atoms with Gasteiger partial charge in [0.1, 0.15) is 0 Å². The Morgan fingerprint density at radius 2 is 1.76 bits per heavy atom. The Bertz CT molecular complexity index is 1220. The fraction of sp³-hybridized carbons (Fsp3) is 0.160. The van der Waals surface area contributed by atoms with E-state index in [2.05, 4.69) is 78.3 Å². The summed E-state index contributed by atoms with van der Waals surface area (Å²) in [7, 11) is 0. The Kier molecular flexibility index (Phi) is 4.40. The Labute approximate surface area is 175 Å². The third-order valence-electron chi connectivity index (χ3n) is 5.52. The lowest BCUT2D eigenvalue weighted by atomic mass is 9.98. The second kappa shape index (κ2) is 7.09. The van der Waals surface area contributed by atoms with Crippen molar-refractivity contribution in [3.05, 3.63) is 101 Å². The van der Waals surface area contributed by atoms with Crippen molar-refractivity contribution in [2.24, 2.45) is 0 Å². The third kappa shape index (κ3) is 3.22. The van der Waals surface area contributed by atoms with Crippen LogP contribution in [0.15, 0.2) is 78.9 Å². The Hall–Kier alpha value is -3.04. The Morgan fingerprint density at radius 3 is 2.52 bits per heavy atom. The minimum atomic E-state index is 0.0112. The SMILES string of the molecule is CC(C)c1ccc(C2=C[C@@H](c3cccc(Cl)c3)n3c(nc4ccccc43)N2)cc1. The number of imidazole rings is 1. The molecule has 3 nitrogen and oxygen atoms in total. The average molecular weight is 400 g/mol. The van der Waals surface area contributed by atoms with E-state index in [1.54, 1.807) is 0 Å². The van der Waals surface area contributed by atoms with Crippen molar-refractivity contribution in [2.45, 2.75) is 25.8 Å². The molecule has 0 saturated heterocycles. The van der Waals surface area contributed by atoms with Crippen molar-refractivity contribution in [2.75, 3.05) is 5.32 Å². The van der Waals surface area contributed by atoms with Gasteiger partial charge in [-0.25, -0.2) is 4.98 Å². The molecule has 5 rings (SSSR count). The number of nitrogens with zero attached hydrogens (tertiary/aromatic N) is 2. The Balaban J connectivity index is 1.67. The molecule has 1 aliphatic rings. The zero-order valence-electron chi connectivity index (χ0n) is 16.4. The zero-order chi connectivity index (χ0) is 20.0. The molecule has 0 amide bonds. The van der Waals surface area contributed by atoms with Gasteiger partial charge in [0.2, 0.25) is 5.95 Å². The predicted octanol–water partition coefficient (Wildman–Crippen LogP) is 6.87. The van der Waals surface area contributed by atoms with E-state index in [0.29, 0.717) is 5.92 Å². The van der Waals surface area contributed by atoms with E-state index in [0.717, 1.165) is 38.8 Å². The van der Waals surface area contributed by atoms with E-state index in [1.807, 2.05) is 24.3 Å². The molecule has 0 radical (unpaired) electrons. The maximum absolute atomic E-state index is 6.32. The van der Waals surface area contributed by atoms with Gasteiger partial charge in [0.05, 0.1) is 17.1 Å². The van der Waals surface area contributed by atoms with Crippen LogP contribution in [0, 0.1) is 0 Å². The summed E-state index contributed by atoms with van der Waals surface area (Å²) < 4.78 is 2.24. The molecule has 4 aromatic rings. The van der Waals surface area contributed by atoms with Crippen LogP contribution in [-0.4, -0.2) is 9.55 Å². The summed E-state index contributed by atoms with van der Waals surface area (Å²) in [6, 6.07) is 25.1. The first-order valence-electron chi connectivity index (χ1n) is 9.92. The van der Waals surface area contributed by atoms with Gasteiger partial charge in [0.25, 0.3) is 0 Å². The van der Waals surface area contributed by atoms with E-state index in [-0.39, 0.29) is 6.04 Å². The number of allylic oxidation sites excluding steroid dienone is 1. The molecule has 0 spiro atoms. The minimum Gasteiger partial charge on any atom is -0.325 e. The van der Waals surface area contributed by atoms with Crippen LogP contribution in [0.5, 0.6) is 0 Å². The first-order chi connectivity index (χ1) is 14.1. The molecule has 1 N–H and O–H groups in total. The molecule has 1 aliphatic heterocycles. The average Bonchev–Trinajstić information content (AvgIpc) is 3.11. The normalized spacial score (nSPS) is 15.9. The lowest BCUT2D eigenvalue weighted by Gasteiger charge is -2.27. The van der Waals surface area contributed by atoms with Gasteiger partial charge in [-0.3, -0.25) is 4.57 Å². The highest BCUT2D eigenvalue weighted by Gasteiger charge is 2.25. The number of benzene rings is 3. The van der Waals surface area contributed by atoms with Crippen molar-refractivity contribution < 1.29 is 0 Å². The maximum atomic E-state index is 6.32. The highest BCUT2D eigenvalue weighted by Crippen LogP contribution is 2.37.